The average molecular weight is 304 g/mol. The van der Waals surface area contributed by atoms with E-state index in [0.29, 0.717) is 18.2 Å². The summed E-state index contributed by atoms with van der Waals surface area (Å²) < 4.78 is 56.3. The van der Waals surface area contributed by atoms with Crippen molar-refractivity contribution in [2.24, 2.45) is 0 Å². The van der Waals surface area contributed by atoms with E-state index in [2.05, 4.69) is 0 Å². The van der Waals surface area contributed by atoms with Crippen LogP contribution < -0.4 is 4.74 Å². The van der Waals surface area contributed by atoms with Crippen molar-refractivity contribution < 1.29 is 27.1 Å². The molecule has 0 saturated carbocycles. The number of hydrogen-bond donors (Lipinski definition) is 0. The SMILES string of the molecule is COc1ccsc1C(=O)c1cc(C(F)(F)F)ccc1F. The van der Waals surface area contributed by atoms with E-state index in [1.54, 1.807) is 0 Å². The molecule has 1 aromatic carbocycles. The third-order valence-electron chi connectivity index (χ3n) is 2.59. The molecule has 2 aromatic rings. The first-order valence-corrected chi connectivity index (χ1v) is 6.25. The van der Waals surface area contributed by atoms with Gasteiger partial charge in [-0.1, -0.05) is 0 Å². The topological polar surface area (TPSA) is 26.3 Å². The predicted molar refractivity (Wildman–Crippen MR) is 65.7 cm³/mol. The summed E-state index contributed by atoms with van der Waals surface area (Å²) in [4.78, 5) is 12.2. The lowest BCUT2D eigenvalue weighted by molar-refractivity contribution is -0.137. The molecule has 2 rings (SSSR count). The first kappa shape index (κ1) is 14.5. The molecular formula is C13H8F4O2S. The molecular weight excluding hydrogens is 296 g/mol. The fourth-order valence-electron chi connectivity index (χ4n) is 1.62. The van der Waals surface area contributed by atoms with E-state index in [1.807, 2.05) is 0 Å². The van der Waals surface area contributed by atoms with Gasteiger partial charge in [-0.2, -0.15) is 13.2 Å². The third-order valence-corrected chi connectivity index (χ3v) is 3.49. The minimum atomic E-state index is -4.64. The summed E-state index contributed by atoms with van der Waals surface area (Å²) >= 11 is 0.977. The van der Waals surface area contributed by atoms with E-state index in [4.69, 9.17) is 4.74 Å². The number of ketones is 1. The Balaban J connectivity index is 2.50. The van der Waals surface area contributed by atoms with Crippen molar-refractivity contribution in [3.8, 4) is 5.75 Å². The predicted octanol–water partition coefficient (Wildman–Crippen LogP) is 4.15. The minimum Gasteiger partial charge on any atom is -0.495 e. The lowest BCUT2D eigenvalue weighted by atomic mass is 10.0. The summed E-state index contributed by atoms with van der Waals surface area (Å²) in [6, 6.07) is 3.23. The molecule has 0 saturated heterocycles. The number of methoxy groups -OCH3 is 1. The molecule has 2 nitrogen and oxygen atoms in total. The van der Waals surface area contributed by atoms with E-state index < -0.39 is 28.9 Å². The summed E-state index contributed by atoms with van der Waals surface area (Å²) in [5, 5.41) is 1.54. The zero-order valence-electron chi connectivity index (χ0n) is 10.1. The number of hydrogen-bond acceptors (Lipinski definition) is 3. The Hall–Kier alpha value is -1.89. The van der Waals surface area contributed by atoms with Crippen molar-refractivity contribution in [2.75, 3.05) is 7.11 Å². The van der Waals surface area contributed by atoms with Gasteiger partial charge >= 0.3 is 6.18 Å². The lowest BCUT2D eigenvalue weighted by Crippen LogP contribution is -2.10. The molecule has 0 atom stereocenters. The van der Waals surface area contributed by atoms with Gasteiger partial charge < -0.3 is 4.74 Å². The second kappa shape index (κ2) is 5.24. The first-order valence-electron chi connectivity index (χ1n) is 5.37. The highest BCUT2D eigenvalue weighted by atomic mass is 32.1. The van der Waals surface area contributed by atoms with Crippen LogP contribution in [0, 0.1) is 5.82 Å². The van der Waals surface area contributed by atoms with Crippen LogP contribution in [0.5, 0.6) is 5.75 Å². The number of alkyl halides is 3. The molecule has 0 N–H and O–H groups in total. The Labute approximate surface area is 115 Å². The maximum atomic E-state index is 13.6. The van der Waals surface area contributed by atoms with Crippen LogP contribution in [0.25, 0.3) is 0 Å². The first-order chi connectivity index (χ1) is 9.34. The standard InChI is InChI=1S/C13H8F4O2S/c1-19-10-4-5-20-12(10)11(18)8-6-7(13(15,16)17)2-3-9(8)14/h2-6H,1H3. The van der Waals surface area contributed by atoms with Gasteiger partial charge in [0.25, 0.3) is 0 Å². The number of thiophene rings is 1. The molecule has 7 heteroatoms. The van der Waals surface area contributed by atoms with Crippen LogP contribution in [0.1, 0.15) is 20.8 Å². The molecule has 0 fully saturated rings. The lowest BCUT2D eigenvalue weighted by Gasteiger charge is -2.09. The summed E-state index contributed by atoms with van der Waals surface area (Å²) in [6.07, 6.45) is -4.64. The van der Waals surface area contributed by atoms with Gasteiger partial charge in [0.05, 0.1) is 18.2 Å². The molecule has 20 heavy (non-hydrogen) atoms. The van der Waals surface area contributed by atoms with Crippen molar-refractivity contribution in [1.82, 2.24) is 0 Å². The van der Waals surface area contributed by atoms with Crippen LogP contribution in [0.3, 0.4) is 0 Å². The molecule has 0 radical (unpaired) electrons. The van der Waals surface area contributed by atoms with E-state index in [9.17, 15) is 22.4 Å². The van der Waals surface area contributed by atoms with Gasteiger partial charge in [-0.15, -0.1) is 11.3 Å². The molecule has 0 spiro atoms. The normalized spacial score (nSPS) is 11.4. The van der Waals surface area contributed by atoms with Gasteiger partial charge in [-0.3, -0.25) is 4.79 Å². The molecule has 1 heterocycles. The van der Waals surface area contributed by atoms with Crippen LogP contribution >= 0.6 is 11.3 Å². The smallest absolute Gasteiger partial charge is 0.416 e. The van der Waals surface area contributed by atoms with Crippen LogP contribution in [-0.2, 0) is 6.18 Å². The molecule has 0 amide bonds. The maximum absolute atomic E-state index is 13.6. The Kier molecular flexibility index (Phi) is 3.80. The number of halogens is 4. The minimum absolute atomic E-state index is 0.0609. The summed E-state index contributed by atoms with van der Waals surface area (Å²) in [5.41, 5.74) is -1.70. The molecule has 0 unspecified atom stereocenters. The van der Waals surface area contributed by atoms with Crippen molar-refractivity contribution in [3.63, 3.8) is 0 Å². The fraction of sp³-hybridized carbons (Fsp3) is 0.154. The fourth-order valence-corrected chi connectivity index (χ4v) is 2.43. The van der Waals surface area contributed by atoms with Gasteiger partial charge in [0.15, 0.2) is 0 Å². The summed E-state index contributed by atoms with van der Waals surface area (Å²) in [5.74, 6) is -1.63. The molecule has 0 aliphatic carbocycles. The monoisotopic (exact) mass is 304 g/mol. The number of benzene rings is 1. The van der Waals surface area contributed by atoms with E-state index in [1.165, 1.54) is 18.6 Å². The number of ether oxygens (including phenoxy) is 1. The van der Waals surface area contributed by atoms with Crippen LogP contribution in [0.2, 0.25) is 0 Å². The van der Waals surface area contributed by atoms with E-state index in [-0.39, 0.29) is 10.6 Å². The largest absolute Gasteiger partial charge is 0.495 e. The molecule has 0 aliphatic rings. The van der Waals surface area contributed by atoms with Gasteiger partial charge in [0.1, 0.15) is 16.4 Å². The van der Waals surface area contributed by atoms with Crippen molar-refractivity contribution in [3.05, 3.63) is 51.5 Å². The second-order valence-electron chi connectivity index (χ2n) is 3.84. The zero-order valence-corrected chi connectivity index (χ0v) is 10.9. The molecule has 0 bridgehead atoms. The van der Waals surface area contributed by atoms with Crippen molar-refractivity contribution >= 4 is 17.1 Å². The van der Waals surface area contributed by atoms with E-state index in [0.717, 1.165) is 11.3 Å². The average Bonchev–Trinajstić information content (AvgIpc) is 2.85. The number of carbonyl (C=O) groups excluding carboxylic acids is 1. The number of rotatable bonds is 3. The number of carbonyl (C=O) groups is 1. The van der Waals surface area contributed by atoms with Crippen LogP contribution in [-0.4, -0.2) is 12.9 Å². The maximum Gasteiger partial charge on any atom is 0.416 e. The van der Waals surface area contributed by atoms with Gasteiger partial charge in [-0.05, 0) is 29.6 Å². The Bertz CT molecular complexity index is 646. The van der Waals surface area contributed by atoms with Gasteiger partial charge in [-0.25, -0.2) is 4.39 Å². The molecule has 106 valence electrons. The van der Waals surface area contributed by atoms with Crippen molar-refractivity contribution in [1.29, 1.82) is 0 Å². The molecule has 0 aliphatic heterocycles. The zero-order chi connectivity index (χ0) is 14.9. The van der Waals surface area contributed by atoms with Gasteiger partial charge in [0, 0.05) is 0 Å². The highest BCUT2D eigenvalue weighted by molar-refractivity contribution is 7.12. The van der Waals surface area contributed by atoms with E-state index >= 15 is 0 Å². The van der Waals surface area contributed by atoms with Crippen molar-refractivity contribution in [2.45, 2.75) is 6.18 Å². The highest BCUT2D eigenvalue weighted by Gasteiger charge is 2.32. The Morgan fingerprint density at radius 1 is 1.25 bits per heavy atom. The summed E-state index contributed by atoms with van der Waals surface area (Å²) in [7, 11) is 1.32. The molecule has 1 aromatic heterocycles. The quantitative estimate of drug-likeness (QED) is 0.629. The summed E-state index contributed by atoms with van der Waals surface area (Å²) in [6.45, 7) is 0. The van der Waals surface area contributed by atoms with Crippen LogP contribution in [0.15, 0.2) is 29.6 Å². The Morgan fingerprint density at radius 2 is 1.95 bits per heavy atom. The Morgan fingerprint density at radius 3 is 2.55 bits per heavy atom. The van der Waals surface area contributed by atoms with Gasteiger partial charge in [0.2, 0.25) is 5.78 Å². The highest BCUT2D eigenvalue weighted by Crippen LogP contribution is 2.33. The third kappa shape index (κ3) is 2.67. The second-order valence-corrected chi connectivity index (χ2v) is 4.76. The van der Waals surface area contributed by atoms with Crippen LogP contribution in [0.4, 0.5) is 17.6 Å².